The van der Waals surface area contributed by atoms with Gasteiger partial charge in [-0.05, 0) is 36.4 Å². The van der Waals surface area contributed by atoms with Gasteiger partial charge in [0.25, 0.3) is 5.91 Å². The number of nitrogens with two attached hydrogens (primary N) is 1. The van der Waals surface area contributed by atoms with E-state index in [4.69, 9.17) is 14.9 Å². The van der Waals surface area contributed by atoms with Crippen LogP contribution in [0.25, 0.3) is 11.0 Å². The second kappa shape index (κ2) is 6.48. The van der Waals surface area contributed by atoms with Crippen LogP contribution in [0.1, 0.15) is 20.7 Å². The molecule has 0 aliphatic carbocycles. The summed E-state index contributed by atoms with van der Waals surface area (Å²) in [7, 11) is 1.46. The number of primary amides is 1. The second-order valence-corrected chi connectivity index (χ2v) is 5.22. The highest BCUT2D eigenvalue weighted by Gasteiger charge is 2.16. The van der Waals surface area contributed by atoms with Crippen LogP contribution in [-0.2, 0) is 0 Å². The molecule has 7 nitrogen and oxygen atoms in total. The molecular formula is C18H14N2O5. The molecule has 3 rings (SSSR count). The number of methoxy groups -OCH3 is 1. The largest absolute Gasteiger partial charge is 0.493 e. The number of nitrogens with one attached hydrogen (secondary N) is 1. The third kappa shape index (κ3) is 3.20. The van der Waals surface area contributed by atoms with Gasteiger partial charge in [-0.25, -0.2) is 4.79 Å². The number of hydrogen-bond acceptors (Lipinski definition) is 5. The van der Waals surface area contributed by atoms with Gasteiger partial charge in [0.15, 0.2) is 11.3 Å². The molecule has 1 heterocycles. The minimum absolute atomic E-state index is 0.139. The fourth-order valence-electron chi connectivity index (χ4n) is 2.35. The quantitative estimate of drug-likeness (QED) is 0.708. The number of carbonyl (C=O) groups excluding carboxylic acids is 2. The lowest BCUT2D eigenvalue weighted by atomic mass is 10.1. The molecule has 0 atom stereocenters. The number of benzene rings is 2. The minimum Gasteiger partial charge on any atom is -0.493 e. The Balaban J connectivity index is 1.93. The normalized spacial score (nSPS) is 10.4. The third-order valence-corrected chi connectivity index (χ3v) is 3.62. The molecule has 2 aromatic carbocycles. The number of rotatable bonds is 4. The Bertz CT molecular complexity index is 1020. The van der Waals surface area contributed by atoms with Gasteiger partial charge in [-0.15, -0.1) is 0 Å². The molecule has 0 fully saturated rings. The predicted octanol–water partition coefficient (Wildman–Crippen LogP) is 2.15. The number of amides is 2. The van der Waals surface area contributed by atoms with Gasteiger partial charge >= 0.3 is 5.63 Å². The average molecular weight is 338 g/mol. The number of para-hydroxylation sites is 1. The van der Waals surface area contributed by atoms with Crippen molar-refractivity contribution in [3.63, 3.8) is 0 Å². The van der Waals surface area contributed by atoms with Gasteiger partial charge in [0, 0.05) is 16.6 Å². The fourth-order valence-corrected chi connectivity index (χ4v) is 2.35. The first kappa shape index (κ1) is 16.3. The smallest absolute Gasteiger partial charge is 0.349 e. The lowest BCUT2D eigenvalue weighted by Gasteiger charge is -2.07. The van der Waals surface area contributed by atoms with Crippen molar-refractivity contribution in [2.75, 3.05) is 12.4 Å². The lowest BCUT2D eigenvalue weighted by molar-refractivity contribution is 0.0998. The number of ether oxygens (including phenoxy) is 1. The van der Waals surface area contributed by atoms with Crippen molar-refractivity contribution in [3.05, 3.63) is 70.1 Å². The summed E-state index contributed by atoms with van der Waals surface area (Å²) in [6.07, 6.45) is 0. The standard InChI is InChI=1S/C18H14N2O5/c1-24-14-4-2-3-11-9-13(18(23)25-15(11)14)17(22)20-12-7-5-10(6-8-12)16(19)21/h2-9H,1H3,(H2,19,21)(H,20,22). The summed E-state index contributed by atoms with van der Waals surface area (Å²) in [5.41, 5.74) is 5.26. The highest BCUT2D eigenvalue weighted by molar-refractivity contribution is 6.06. The Hall–Kier alpha value is -3.61. The molecule has 0 aliphatic heterocycles. The summed E-state index contributed by atoms with van der Waals surface area (Å²) in [5.74, 6) is -0.782. The summed E-state index contributed by atoms with van der Waals surface area (Å²) in [6.45, 7) is 0. The Kier molecular flexibility index (Phi) is 4.21. The van der Waals surface area contributed by atoms with E-state index in [2.05, 4.69) is 5.32 Å². The van der Waals surface area contributed by atoms with Crippen molar-refractivity contribution in [1.29, 1.82) is 0 Å². The molecule has 3 N–H and O–H groups in total. The Morgan fingerprint density at radius 1 is 1.12 bits per heavy atom. The molecule has 0 saturated heterocycles. The monoisotopic (exact) mass is 338 g/mol. The molecule has 0 aliphatic rings. The van der Waals surface area contributed by atoms with Gasteiger partial charge in [0.1, 0.15) is 5.56 Å². The highest BCUT2D eigenvalue weighted by atomic mass is 16.5. The Morgan fingerprint density at radius 3 is 2.48 bits per heavy atom. The first-order valence-electron chi connectivity index (χ1n) is 7.31. The molecule has 0 spiro atoms. The summed E-state index contributed by atoms with van der Waals surface area (Å²) in [5, 5.41) is 3.14. The van der Waals surface area contributed by atoms with Crippen molar-refractivity contribution >= 4 is 28.5 Å². The second-order valence-electron chi connectivity index (χ2n) is 5.22. The van der Waals surface area contributed by atoms with Crippen molar-refractivity contribution in [2.24, 2.45) is 5.73 Å². The van der Waals surface area contributed by atoms with Crippen LogP contribution in [0.2, 0.25) is 0 Å². The zero-order valence-electron chi connectivity index (χ0n) is 13.2. The van der Waals surface area contributed by atoms with Gasteiger partial charge < -0.3 is 20.2 Å². The molecule has 126 valence electrons. The molecule has 3 aromatic rings. The number of carbonyl (C=O) groups is 2. The van der Waals surface area contributed by atoms with Crippen LogP contribution >= 0.6 is 0 Å². The van der Waals surface area contributed by atoms with E-state index >= 15 is 0 Å². The van der Waals surface area contributed by atoms with E-state index in [0.29, 0.717) is 22.4 Å². The first-order chi connectivity index (χ1) is 12.0. The zero-order valence-corrected chi connectivity index (χ0v) is 13.2. The van der Waals surface area contributed by atoms with Gasteiger partial charge in [0.05, 0.1) is 7.11 Å². The van der Waals surface area contributed by atoms with E-state index in [1.807, 2.05) is 0 Å². The van der Waals surface area contributed by atoms with Crippen LogP contribution < -0.4 is 21.4 Å². The Labute approximate surface area is 142 Å². The average Bonchev–Trinajstić information content (AvgIpc) is 2.61. The van der Waals surface area contributed by atoms with Crippen molar-refractivity contribution < 1.29 is 18.7 Å². The Morgan fingerprint density at radius 2 is 1.84 bits per heavy atom. The van der Waals surface area contributed by atoms with E-state index in [-0.39, 0.29) is 11.1 Å². The van der Waals surface area contributed by atoms with Crippen LogP contribution in [0.3, 0.4) is 0 Å². The first-order valence-corrected chi connectivity index (χ1v) is 7.31. The van der Waals surface area contributed by atoms with E-state index in [9.17, 15) is 14.4 Å². The van der Waals surface area contributed by atoms with Gasteiger partial charge in [-0.1, -0.05) is 12.1 Å². The SMILES string of the molecule is COc1cccc2cc(C(=O)Nc3ccc(C(N)=O)cc3)c(=O)oc12. The van der Waals surface area contributed by atoms with Crippen molar-refractivity contribution in [3.8, 4) is 5.75 Å². The molecule has 0 bridgehead atoms. The van der Waals surface area contributed by atoms with Crippen LogP contribution in [0, 0.1) is 0 Å². The zero-order chi connectivity index (χ0) is 18.0. The molecule has 7 heteroatoms. The molecule has 0 radical (unpaired) electrons. The highest BCUT2D eigenvalue weighted by Crippen LogP contribution is 2.24. The summed E-state index contributed by atoms with van der Waals surface area (Å²) < 4.78 is 10.4. The molecule has 1 aromatic heterocycles. The lowest BCUT2D eigenvalue weighted by Crippen LogP contribution is -2.20. The summed E-state index contributed by atoms with van der Waals surface area (Å²) >= 11 is 0. The molecule has 25 heavy (non-hydrogen) atoms. The van der Waals surface area contributed by atoms with Crippen LogP contribution in [0.5, 0.6) is 5.75 Å². The van der Waals surface area contributed by atoms with E-state index in [0.717, 1.165) is 0 Å². The topological polar surface area (TPSA) is 112 Å². The van der Waals surface area contributed by atoms with E-state index < -0.39 is 17.4 Å². The van der Waals surface area contributed by atoms with E-state index in [1.54, 1.807) is 18.2 Å². The van der Waals surface area contributed by atoms with Crippen LogP contribution in [-0.4, -0.2) is 18.9 Å². The third-order valence-electron chi connectivity index (χ3n) is 3.62. The van der Waals surface area contributed by atoms with E-state index in [1.165, 1.54) is 37.4 Å². The van der Waals surface area contributed by atoms with Gasteiger partial charge in [-0.3, -0.25) is 9.59 Å². The van der Waals surface area contributed by atoms with Crippen LogP contribution in [0.4, 0.5) is 5.69 Å². The summed E-state index contributed by atoms with van der Waals surface area (Å²) in [4.78, 5) is 35.5. The maximum absolute atomic E-state index is 12.4. The van der Waals surface area contributed by atoms with Gasteiger partial charge in [0.2, 0.25) is 5.91 Å². The molecule has 0 unspecified atom stereocenters. The van der Waals surface area contributed by atoms with Crippen molar-refractivity contribution in [1.82, 2.24) is 0 Å². The molecular weight excluding hydrogens is 324 g/mol. The summed E-state index contributed by atoms with van der Waals surface area (Å²) in [6, 6.07) is 12.5. The number of fused-ring (bicyclic) bond motifs is 1. The molecule has 2 amide bonds. The predicted molar refractivity (Wildman–Crippen MR) is 91.9 cm³/mol. The fraction of sp³-hybridized carbons (Fsp3) is 0.0556. The van der Waals surface area contributed by atoms with Crippen molar-refractivity contribution in [2.45, 2.75) is 0 Å². The van der Waals surface area contributed by atoms with Gasteiger partial charge in [-0.2, -0.15) is 0 Å². The maximum Gasteiger partial charge on any atom is 0.349 e. The number of hydrogen-bond donors (Lipinski definition) is 2. The maximum atomic E-state index is 12.4. The van der Waals surface area contributed by atoms with Crippen LogP contribution in [0.15, 0.2) is 57.7 Å². The molecule has 0 saturated carbocycles. The minimum atomic E-state index is -0.775. The number of anilines is 1.